The fraction of sp³-hybridized carbons (Fsp3) is 0.435. The Hall–Kier alpha value is -2.15. The van der Waals surface area contributed by atoms with E-state index >= 15 is 0 Å². The monoisotopic (exact) mass is 348 g/mol. The highest BCUT2D eigenvalue weighted by Crippen LogP contribution is 2.29. The van der Waals surface area contributed by atoms with Gasteiger partial charge in [0.05, 0.1) is 6.54 Å². The van der Waals surface area contributed by atoms with Crippen LogP contribution >= 0.6 is 0 Å². The lowest BCUT2D eigenvalue weighted by Crippen LogP contribution is -2.34. The van der Waals surface area contributed by atoms with Crippen LogP contribution < -0.4 is 0 Å². The molecule has 2 heterocycles. The maximum absolute atomic E-state index is 10.6. The maximum atomic E-state index is 10.6. The van der Waals surface area contributed by atoms with Crippen molar-refractivity contribution in [3.8, 4) is 11.8 Å². The smallest absolute Gasteiger partial charge is 0.123 e. The Morgan fingerprint density at radius 3 is 2.81 bits per heavy atom. The van der Waals surface area contributed by atoms with Crippen LogP contribution in [0.5, 0.6) is 0 Å². The molecule has 1 aliphatic rings. The van der Waals surface area contributed by atoms with Crippen LogP contribution in [0.2, 0.25) is 0 Å². The van der Waals surface area contributed by atoms with Gasteiger partial charge in [0.15, 0.2) is 0 Å². The van der Waals surface area contributed by atoms with Gasteiger partial charge in [-0.1, -0.05) is 54.7 Å². The molecule has 0 spiro atoms. The number of aromatic nitrogens is 1. The van der Waals surface area contributed by atoms with Gasteiger partial charge in [0, 0.05) is 18.4 Å². The van der Waals surface area contributed by atoms with E-state index < -0.39 is 5.60 Å². The van der Waals surface area contributed by atoms with Crippen LogP contribution in [0.3, 0.4) is 0 Å². The second-order valence-corrected chi connectivity index (χ2v) is 7.33. The highest BCUT2D eigenvalue weighted by Gasteiger charge is 2.23. The van der Waals surface area contributed by atoms with E-state index in [2.05, 4.69) is 39.9 Å². The molecule has 0 radical (unpaired) electrons. The molecule has 0 aliphatic carbocycles. The number of piperidine rings is 1. The summed E-state index contributed by atoms with van der Waals surface area (Å²) >= 11 is 0. The number of aliphatic hydroxyl groups is 1. The molecule has 26 heavy (non-hydrogen) atoms. The van der Waals surface area contributed by atoms with E-state index in [0.717, 1.165) is 19.4 Å². The van der Waals surface area contributed by atoms with Crippen LogP contribution in [0.4, 0.5) is 0 Å². The Kier molecular flexibility index (Phi) is 6.44. The van der Waals surface area contributed by atoms with E-state index in [9.17, 15) is 5.11 Å². The van der Waals surface area contributed by atoms with Gasteiger partial charge >= 0.3 is 0 Å². The second kappa shape index (κ2) is 8.98. The Morgan fingerprint density at radius 1 is 1.19 bits per heavy atom. The van der Waals surface area contributed by atoms with Gasteiger partial charge in [0.2, 0.25) is 0 Å². The zero-order chi connectivity index (χ0) is 18.2. The number of aryl methyl sites for hydroxylation is 1. The number of likely N-dealkylation sites (tertiary alicyclic amines) is 1. The van der Waals surface area contributed by atoms with Crippen molar-refractivity contribution in [2.75, 3.05) is 13.1 Å². The molecule has 0 unspecified atom stereocenters. The lowest BCUT2D eigenvalue weighted by molar-refractivity contribution is 0.112. The summed E-state index contributed by atoms with van der Waals surface area (Å²) in [4.78, 5) is 6.68. The van der Waals surface area contributed by atoms with Crippen LogP contribution in [0.1, 0.15) is 49.8 Å². The molecule has 2 atom stereocenters. The zero-order valence-corrected chi connectivity index (χ0v) is 15.6. The van der Waals surface area contributed by atoms with Gasteiger partial charge in [-0.25, -0.2) is 0 Å². The predicted octanol–water partition coefficient (Wildman–Crippen LogP) is 4.00. The fourth-order valence-corrected chi connectivity index (χ4v) is 3.56. The molecule has 1 aliphatic heterocycles. The highest BCUT2D eigenvalue weighted by molar-refractivity contribution is 5.20. The summed E-state index contributed by atoms with van der Waals surface area (Å²) in [6.07, 6.45) is 8.88. The molecule has 136 valence electrons. The summed E-state index contributed by atoms with van der Waals surface area (Å²) in [5.41, 5.74) is 1.56. The van der Waals surface area contributed by atoms with Crippen molar-refractivity contribution < 1.29 is 5.11 Å². The number of rotatable bonds is 5. The van der Waals surface area contributed by atoms with Gasteiger partial charge in [-0.15, -0.1) is 0 Å². The second-order valence-electron chi connectivity index (χ2n) is 7.33. The van der Waals surface area contributed by atoms with Crippen LogP contribution in [0.15, 0.2) is 54.9 Å². The first-order valence-electron chi connectivity index (χ1n) is 9.54. The summed E-state index contributed by atoms with van der Waals surface area (Å²) < 4.78 is 0. The third-order valence-corrected chi connectivity index (χ3v) is 5.07. The Balaban J connectivity index is 1.58. The molecule has 3 heteroatoms. The average Bonchev–Trinajstić information content (AvgIpc) is 2.68. The van der Waals surface area contributed by atoms with E-state index in [1.54, 1.807) is 0 Å². The third kappa shape index (κ3) is 5.42. The summed E-state index contributed by atoms with van der Waals surface area (Å²) in [6, 6.07) is 14.8. The van der Waals surface area contributed by atoms with Gasteiger partial charge in [-0.05, 0) is 56.3 Å². The predicted molar refractivity (Wildman–Crippen MR) is 106 cm³/mol. The minimum absolute atomic E-state index is 0.390. The van der Waals surface area contributed by atoms with Crippen molar-refractivity contribution >= 4 is 0 Å². The fourth-order valence-electron chi connectivity index (χ4n) is 3.56. The van der Waals surface area contributed by atoms with Crippen molar-refractivity contribution in [1.82, 2.24) is 9.88 Å². The van der Waals surface area contributed by atoms with Crippen LogP contribution in [-0.4, -0.2) is 33.7 Å². The van der Waals surface area contributed by atoms with Crippen molar-refractivity contribution in [2.45, 2.75) is 50.7 Å². The lowest BCUT2D eigenvalue weighted by atomic mass is 9.96. The van der Waals surface area contributed by atoms with Crippen LogP contribution in [-0.2, 0) is 6.42 Å². The quantitative estimate of drug-likeness (QED) is 0.830. The highest BCUT2D eigenvalue weighted by atomic mass is 16.3. The van der Waals surface area contributed by atoms with Gasteiger partial charge < -0.3 is 5.11 Å². The number of hydrogen-bond donors (Lipinski definition) is 1. The average molecular weight is 348 g/mol. The van der Waals surface area contributed by atoms with Crippen LogP contribution in [0, 0.1) is 11.8 Å². The Morgan fingerprint density at radius 2 is 2.04 bits per heavy atom. The number of benzene rings is 1. The van der Waals surface area contributed by atoms with Crippen LogP contribution in [0.25, 0.3) is 0 Å². The first-order valence-corrected chi connectivity index (χ1v) is 9.54. The van der Waals surface area contributed by atoms with E-state index in [1.165, 1.54) is 24.0 Å². The van der Waals surface area contributed by atoms with Crippen molar-refractivity contribution in [2.24, 2.45) is 0 Å². The molecular weight excluding hydrogens is 320 g/mol. The first-order chi connectivity index (χ1) is 12.6. The van der Waals surface area contributed by atoms with Gasteiger partial charge in [-0.3, -0.25) is 9.88 Å². The van der Waals surface area contributed by atoms with E-state index in [4.69, 9.17) is 0 Å². The largest absolute Gasteiger partial charge is 0.378 e. The molecule has 1 N–H and O–H groups in total. The molecule has 2 aromatic rings. The van der Waals surface area contributed by atoms with E-state index in [1.807, 2.05) is 43.6 Å². The van der Waals surface area contributed by atoms with Crippen molar-refractivity contribution in [1.29, 1.82) is 0 Å². The molecule has 0 amide bonds. The van der Waals surface area contributed by atoms with Crippen molar-refractivity contribution in [3.63, 3.8) is 0 Å². The van der Waals surface area contributed by atoms with E-state index in [-0.39, 0.29) is 0 Å². The van der Waals surface area contributed by atoms with Crippen molar-refractivity contribution in [3.05, 3.63) is 66.0 Å². The summed E-state index contributed by atoms with van der Waals surface area (Å²) in [5, 5.41) is 10.6. The molecule has 1 saturated heterocycles. The van der Waals surface area contributed by atoms with E-state index in [0.29, 0.717) is 19.0 Å². The lowest BCUT2D eigenvalue weighted by Gasteiger charge is -2.34. The first kappa shape index (κ1) is 18.6. The standard InChI is InChI=1S/C23H28N2O/c1-23(26,15-13-20-9-3-2-4-10-20)14-8-18-25-17-6-5-12-22(25)21-11-7-16-24-19-21/h2-4,7,9-11,16,19,22,26H,5-6,12-13,15,17-18H2,1H3/t22-,23-/m0/s1. The zero-order valence-electron chi connectivity index (χ0n) is 15.6. The normalized spacial score (nSPS) is 20.0. The SMILES string of the molecule is C[C@](O)(C#CCN1CCCC[C@H]1c1cccnc1)CCc1ccccc1. The Labute approximate surface area is 157 Å². The molecule has 0 bridgehead atoms. The number of hydrogen-bond acceptors (Lipinski definition) is 3. The molecule has 3 nitrogen and oxygen atoms in total. The molecular formula is C23H28N2O. The molecule has 3 rings (SSSR count). The molecule has 0 saturated carbocycles. The Bertz CT molecular complexity index is 731. The number of pyridine rings is 1. The van der Waals surface area contributed by atoms with Gasteiger partial charge in [0.1, 0.15) is 5.60 Å². The third-order valence-electron chi connectivity index (χ3n) is 5.07. The van der Waals surface area contributed by atoms with Gasteiger partial charge in [-0.2, -0.15) is 0 Å². The minimum atomic E-state index is -0.949. The van der Waals surface area contributed by atoms with Gasteiger partial charge in [0.25, 0.3) is 0 Å². The summed E-state index contributed by atoms with van der Waals surface area (Å²) in [5.74, 6) is 6.33. The topological polar surface area (TPSA) is 36.4 Å². The summed E-state index contributed by atoms with van der Waals surface area (Å²) in [6.45, 7) is 3.57. The molecule has 1 aromatic carbocycles. The summed E-state index contributed by atoms with van der Waals surface area (Å²) in [7, 11) is 0. The molecule has 1 aromatic heterocycles. The maximum Gasteiger partial charge on any atom is 0.123 e. The number of nitrogens with zero attached hydrogens (tertiary/aromatic N) is 2. The molecule has 1 fully saturated rings. The minimum Gasteiger partial charge on any atom is -0.378 e.